The second kappa shape index (κ2) is 9.73. The lowest BCUT2D eigenvalue weighted by molar-refractivity contribution is -0.133. The topological polar surface area (TPSA) is 33.7 Å². The van der Waals surface area contributed by atoms with Crippen molar-refractivity contribution in [1.29, 1.82) is 0 Å². The van der Waals surface area contributed by atoms with E-state index in [2.05, 4.69) is 17.1 Å². The lowest BCUT2D eigenvalue weighted by atomic mass is 10.1. The summed E-state index contributed by atoms with van der Waals surface area (Å²) in [5.41, 5.74) is 0. The number of likely N-dealkylation sites (tertiary alicyclic amines) is 1. The van der Waals surface area contributed by atoms with Crippen LogP contribution in [0.15, 0.2) is 0 Å². The third-order valence-corrected chi connectivity index (χ3v) is 3.47. The minimum atomic E-state index is -0.103. The van der Waals surface area contributed by atoms with Crippen molar-refractivity contribution in [2.75, 3.05) is 39.4 Å². The van der Waals surface area contributed by atoms with Crippen molar-refractivity contribution in [3.8, 4) is 0 Å². The second-order valence-electron chi connectivity index (χ2n) is 4.94. The molecule has 1 rings (SSSR count). The van der Waals surface area contributed by atoms with Crippen LogP contribution in [0.3, 0.4) is 0 Å². The Labute approximate surface area is 112 Å². The van der Waals surface area contributed by atoms with E-state index in [1.807, 2.05) is 13.8 Å². The van der Waals surface area contributed by atoms with E-state index < -0.39 is 0 Å². The van der Waals surface area contributed by atoms with Crippen molar-refractivity contribution in [2.45, 2.75) is 52.4 Å². The first-order valence-electron chi connectivity index (χ1n) is 7.45. The molecule has 4 heteroatoms. The quantitative estimate of drug-likeness (QED) is 0.640. The molecule has 1 N–H and O–H groups in total. The molecule has 0 aliphatic carbocycles. The first-order chi connectivity index (χ1) is 8.77. The Balaban J connectivity index is 2.14. The molecule has 1 aliphatic rings. The molecule has 0 saturated carbocycles. The van der Waals surface area contributed by atoms with Gasteiger partial charge in [-0.25, -0.2) is 0 Å². The molecule has 1 saturated heterocycles. The predicted molar refractivity (Wildman–Crippen MR) is 74.8 cm³/mol. The standard InChI is InChI=1S/C14H30N2O2/c1-4-17-14(18-5-2)12-15-11-13(3)16-9-7-6-8-10-16/h13-15H,4-12H2,1-3H3. The Hall–Kier alpha value is -0.160. The molecule has 1 heterocycles. The summed E-state index contributed by atoms with van der Waals surface area (Å²) in [6, 6.07) is 0.606. The Bertz CT molecular complexity index is 190. The molecule has 1 unspecified atom stereocenters. The van der Waals surface area contributed by atoms with Gasteiger partial charge in [-0.1, -0.05) is 6.42 Å². The highest BCUT2D eigenvalue weighted by atomic mass is 16.7. The number of rotatable bonds is 9. The van der Waals surface area contributed by atoms with Crippen LogP contribution in [0.4, 0.5) is 0 Å². The average Bonchev–Trinajstić information content (AvgIpc) is 2.40. The van der Waals surface area contributed by atoms with E-state index in [1.54, 1.807) is 0 Å². The molecular formula is C14H30N2O2. The maximum absolute atomic E-state index is 5.51. The van der Waals surface area contributed by atoms with Gasteiger partial charge in [-0.2, -0.15) is 0 Å². The van der Waals surface area contributed by atoms with Crippen molar-refractivity contribution in [3.63, 3.8) is 0 Å². The van der Waals surface area contributed by atoms with Gasteiger partial charge in [-0.05, 0) is 46.7 Å². The van der Waals surface area contributed by atoms with E-state index in [0.717, 1.165) is 13.1 Å². The highest BCUT2D eigenvalue weighted by Gasteiger charge is 2.16. The van der Waals surface area contributed by atoms with E-state index >= 15 is 0 Å². The fraction of sp³-hybridized carbons (Fsp3) is 1.00. The summed E-state index contributed by atoms with van der Waals surface area (Å²) < 4.78 is 11.0. The zero-order valence-corrected chi connectivity index (χ0v) is 12.3. The first kappa shape index (κ1) is 15.9. The van der Waals surface area contributed by atoms with Gasteiger partial charge in [0.05, 0.1) is 0 Å². The molecule has 0 amide bonds. The van der Waals surface area contributed by atoms with Gasteiger partial charge in [0, 0.05) is 32.3 Å². The molecular weight excluding hydrogens is 228 g/mol. The summed E-state index contributed by atoms with van der Waals surface area (Å²) in [4.78, 5) is 2.58. The molecule has 4 nitrogen and oxygen atoms in total. The van der Waals surface area contributed by atoms with Gasteiger partial charge in [0.1, 0.15) is 0 Å². The Morgan fingerprint density at radius 1 is 1.00 bits per heavy atom. The zero-order valence-electron chi connectivity index (χ0n) is 12.3. The van der Waals surface area contributed by atoms with Gasteiger partial charge in [0.2, 0.25) is 0 Å². The van der Waals surface area contributed by atoms with Gasteiger partial charge in [0.25, 0.3) is 0 Å². The van der Waals surface area contributed by atoms with E-state index in [-0.39, 0.29) is 6.29 Å². The maximum atomic E-state index is 5.51. The Kier molecular flexibility index (Phi) is 8.59. The van der Waals surface area contributed by atoms with Crippen molar-refractivity contribution < 1.29 is 9.47 Å². The lowest BCUT2D eigenvalue weighted by Gasteiger charge is -2.32. The molecule has 0 aromatic heterocycles. The smallest absolute Gasteiger partial charge is 0.169 e. The summed E-state index contributed by atoms with van der Waals surface area (Å²) >= 11 is 0. The summed E-state index contributed by atoms with van der Waals surface area (Å²) in [5.74, 6) is 0. The number of ether oxygens (including phenoxy) is 2. The summed E-state index contributed by atoms with van der Waals surface area (Å²) in [5, 5.41) is 3.46. The van der Waals surface area contributed by atoms with Crippen LogP contribution in [0.1, 0.15) is 40.0 Å². The largest absolute Gasteiger partial charge is 0.352 e. The van der Waals surface area contributed by atoms with E-state index in [0.29, 0.717) is 19.3 Å². The maximum Gasteiger partial charge on any atom is 0.169 e. The Morgan fingerprint density at radius 2 is 1.61 bits per heavy atom. The molecule has 1 atom stereocenters. The van der Waals surface area contributed by atoms with Crippen LogP contribution in [0, 0.1) is 0 Å². The summed E-state index contributed by atoms with van der Waals surface area (Å²) in [7, 11) is 0. The fourth-order valence-electron chi connectivity index (χ4n) is 2.44. The van der Waals surface area contributed by atoms with Crippen LogP contribution in [0.2, 0.25) is 0 Å². The number of hydrogen-bond donors (Lipinski definition) is 1. The van der Waals surface area contributed by atoms with Crippen LogP contribution in [-0.2, 0) is 9.47 Å². The average molecular weight is 258 g/mol. The van der Waals surface area contributed by atoms with E-state index in [9.17, 15) is 0 Å². The van der Waals surface area contributed by atoms with Crippen molar-refractivity contribution in [2.24, 2.45) is 0 Å². The zero-order chi connectivity index (χ0) is 13.2. The van der Waals surface area contributed by atoms with Crippen LogP contribution < -0.4 is 5.32 Å². The lowest BCUT2D eigenvalue weighted by Crippen LogP contribution is -2.45. The van der Waals surface area contributed by atoms with Crippen LogP contribution in [0.25, 0.3) is 0 Å². The molecule has 18 heavy (non-hydrogen) atoms. The summed E-state index contributed by atoms with van der Waals surface area (Å²) in [6.45, 7) is 12.0. The van der Waals surface area contributed by atoms with Crippen molar-refractivity contribution in [1.82, 2.24) is 10.2 Å². The Morgan fingerprint density at radius 3 is 2.17 bits per heavy atom. The van der Waals surface area contributed by atoms with Crippen molar-refractivity contribution in [3.05, 3.63) is 0 Å². The van der Waals surface area contributed by atoms with Crippen LogP contribution in [0.5, 0.6) is 0 Å². The highest BCUT2D eigenvalue weighted by molar-refractivity contribution is 4.73. The number of nitrogens with one attached hydrogen (secondary N) is 1. The molecule has 0 aromatic carbocycles. The monoisotopic (exact) mass is 258 g/mol. The minimum absolute atomic E-state index is 0.103. The third-order valence-electron chi connectivity index (χ3n) is 3.47. The van der Waals surface area contributed by atoms with Gasteiger partial charge in [-0.3, -0.25) is 4.90 Å². The fourth-order valence-corrected chi connectivity index (χ4v) is 2.44. The van der Waals surface area contributed by atoms with Gasteiger partial charge >= 0.3 is 0 Å². The van der Waals surface area contributed by atoms with Gasteiger partial charge in [0.15, 0.2) is 6.29 Å². The SMILES string of the molecule is CCOC(CNCC(C)N1CCCCC1)OCC. The van der Waals surface area contributed by atoms with E-state index in [4.69, 9.17) is 9.47 Å². The molecule has 0 radical (unpaired) electrons. The second-order valence-corrected chi connectivity index (χ2v) is 4.94. The molecule has 0 spiro atoms. The van der Waals surface area contributed by atoms with Gasteiger partial charge in [-0.15, -0.1) is 0 Å². The van der Waals surface area contributed by atoms with Crippen LogP contribution >= 0.6 is 0 Å². The minimum Gasteiger partial charge on any atom is -0.352 e. The van der Waals surface area contributed by atoms with Gasteiger partial charge < -0.3 is 14.8 Å². The molecule has 1 aliphatic heterocycles. The molecule has 0 aromatic rings. The molecule has 1 fully saturated rings. The highest BCUT2D eigenvalue weighted by Crippen LogP contribution is 2.11. The summed E-state index contributed by atoms with van der Waals surface area (Å²) in [6.07, 6.45) is 4.00. The van der Waals surface area contributed by atoms with E-state index in [1.165, 1.54) is 32.4 Å². The predicted octanol–water partition coefficient (Wildman–Crippen LogP) is 1.85. The molecule has 108 valence electrons. The van der Waals surface area contributed by atoms with Crippen LogP contribution in [-0.4, -0.2) is 56.6 Å². The molecule has 0 bridgehead atoms. The first-order valence-corrected chi connectivity index (χ1v) is 7.45. The third kappa shape index (κ3) is 6.14. The number of nitrogens with zero attached hydrogens (tertiary/aromatic N) is 1. The normalized spacial score (nSPS) is 19.3. The number of hydrogen-bond acceptors (Lipinski definition) is 4. The number of piperidine rings is 1. The van der Waals surface area contributed by atoms with Crippen molar-refractivity contribution >= 4 is 0 Å².